The maximum atomic E-state index is 4.97. The predicted octanol–water partition coefficient (Wildman–Crippen LogP) is 4.69. The molecule has 3 heteroatoms. The Hall–Kier alpha value is -0.960. The van der Waals surface area contributed by atoms with Gasteiger partial charge in [-0.1, -0.05) is 42.3 Å². The second kappa shape index (κ2) is 5.80. The summed E-state index contributed by atoms with van der Waals surface area (Å²) < 4.78 is 0. The number of aliphatic imine (C=N–C) groups is 1. The molecule has 0 amide bonds. The summed E-state index contributed by atoms with van der Waals surface area (Å²) in [6, 6.07) is 5.05. The number of fused-ring (bicyclic) bond motifs is 1. The van der Waals surface area contributed by atoms with Gasteiger partial charge in [-0.2, -0.15) is 0 Å². The van der Waals surface area contributed by atoms with Gasteiger partial charge in [0.15, 0.2) is 5.17 Å². The van der Waals surface area contributed by atoms with Gasteiger partial charge < -0.3 is 5.32 Å². The Balaban J connectivity index is 1.80. The third-order valence-electron chi connectivity index (χ3n) is 4.50. The summed E-state index contributed by atoms with van der Waals surface area (Å²) in [5.41, 5.74) is 5.21. The van der Waals surface area contributed by atoms with E-state index >= 15 is 0 Å². The van der Waals surface area contributed by atoms with Crippen molar-refractivity contribution in [1.29, 1.82) is 0 Å². The van der Waals surface area contributed by atoms with Crippen LogP contribution in [-0.4, -0.2) is 17.0 Å². The summed E-state index contributed by atoms with van der Waals surface area (Å²) in [7, 11) is 0. The Kier molecular flexibility index (Phi) is 4.06. The molecule has 2 atom stereocenters. The highest BCUT2D eigenvalue weighted by Gasteiger charge is 2.29. The molecule has 0 aromatic heterocycles. The van der Waals surface area contributed by atoms with E-state index in [4.69, 9.17) is 4.99 Å². The van der Waals surface area contributed by atoms with Crippen LogP contribution in [0.1, 0.15) is 42.4 Å². The largest absolute Gasteiger partial charge is 0.335 e. The summed E-state index contributed by atoms with van der Waals surface area (Å²) in [5.74, 6) is 2.06. The van der Waals surface area contributed by atoms with Crippen molar-refractivity contribution in [3.63, 3.8) is 0 Å². The molecule has 2 nitrogen and oxygen atoms in total. The first-order chi connectivity index (χ1) is 9.63. The number of thioether (sulfide) groups is 1. The molecule has 0 bridgehead atoms. The van der Waals surface area contributed by atoms with Crippen LogP contribution >= 0.6 is 11.8 Å². The van der Waals surface area contributed by atoms with Crippen LogP contribution in [0.5, 0.6) is 0 Å². The average Bonchev–Trinajstić information content (AvgIpc) is 2.42. The Morgan fingerprint density at radius 2 is 1.80 bits per heavy atom. The number of aryl methyl sites for hydroxylation is 3. The SMILES string of the molecule is Cc1cc(C)c(NC2=NC3CCCCC3CS2)c(C)c1. The van der Waals surface area contributed by atoms with Crippen molar-refractivity contribution >= 4 is 22.6 Å². The molecule has 1 N–H and O–H groups in total. The number of benzene rings is 1. The van der Waals surface area contributed by atoms with Crippen LogP contribution < -0.4 is 5.32 Å². The molecule has 0 spiro atoms. The van der Waals surface area contributed by atoms with Gasteiger partial charge in [0.1, 0.15) is 0 Å². The fraction of sp³-hybridized carbons (Fsp3) is 0.588. The summed E-state index contributed by atoms with van der Waals surface area (Å²) >= 11 is 1.90. The second-order valence-corrected chi connectivity index (χ2v) is 7.26. The first-order valence-corrected chi connectivity index (χ1v) is 8.67. The molecular weight excluding hydrogens is 264 g/mol. The molecule has 1 aromatic rings. The highest BCUT2D eigenvalue weighted by Crippen LogP contribution is 2.35. The second-order valence-electron chi connectivity index (χ2n) is 6.26. The van der Waals surface area contributed by atoms with Crippen LogP contribution in [0.4, 0.5) is 5.69 Å². The summed E-state index contributed by atoms with van der Waals surface area (Å²) in [5, 5.41) is 4.72. The normalized spacial score (nSPS) is 25.9. The number of rotatable bonds is 1. The van der Waals surface area contributed by atoms with E-state index in [-0.39, 0.29) is 0 Å². The molecule has 2 unspecified atom stereocenters. The predicted molar refractivity (Wildman–Crippen MR) is 89.9 cm³/mol. The molecule has 20 heavy (non-hydrogen) atoms. The van der Waals surface area contributed by atoms with Crippen molar-refractivity contribution < 1.29 is 0 Å². The molecule has 1 aliphatic heterocycles. The van der Waals surface area contributed by atoms with Crippen LogP contribution in [0.2, 0.25) is 0 Å². The number of anilines is 1. The first-order valence-electron chi connectivity index (χ1n) is 7.69. The van der Waals surface area contributed by atoms with Crippen molar-refractivity contribution in [1.82, 2.24) is 0 Å². The molecule has 0 radical (unpaired) electrons. The van der Waals surface area contributed by atoms with Gasteiger partial charge in [-0.3, -0.25) is 4.99 Å². The third kappa shape index (κ3) is 2.88. The molecule has 0 saturated heterocycles. The smallest absolute Gasteiger partial charge is 0.161 e. The van der Waals surface area contributed by atoms with Crippen LogP contribution in [0, 0.1) is 26.7 Å². The van der Waals surface area contributed by atoms with E-state index in [9.17, 15) is 0 Å². The van der Waals surface area contributed by atoms with E-state index in [0.717, 1.165) is 11.1 Å². The minimum Gasteiger partial charge on any atom is -0.335 e. The summed E-state index contributed by atoms with van der Waals surface area (Å²) in [6.07, 6.45) is 5.40. The maximum absolute atomic E-state index is 4.97. The minimum absolute atomic E-state index is 0.568. The topological polar surface area (TPSA) is 24.4 Å². The van der Waals surface area contributed by atoms with Crippen LogP contribution in [0.15, 0.2) is 17.1 Å². The van der Waals surface area contributed by atoms with Gasteiger partial charge in [0.2, 0.25) is 0 Å². The molecule has 2 aliphatic rings. The fourth-order valence-electron chi connectivity index (χ4n) is 3.48. The Morgan fingerprint density at radius 3 is 2.55 bits per heavy atom. The van der Waals surface area contributed by atoms with E-state index in [2.05, 4.69) is 38.2 Å². The first kappa shape index (κ1) is 14.0. The minimum atomic E-state index is 0.568. The lowest BCUT2D eigenvalue weighted by Gasteiger charge is -2.33. The van der Waals surface area contributed by atoms with Gasteiger partial charge in [0, 0.05) is 11.4 Å². The number of amidine groups is 1. The van der Waals surface area contributed by atoms with Crippen molar-refractivity contribution in [3.05, 3.63) is 28.8 Å². The van der Waals surface area contributed by atoms with Gasteiger partial charge in [0.25, 0.3) is 0 Å². The molecule has 1 aliphatic carbocycles. The van der Waals surface area contributed by atoms with Crippen molar-refractivity contribution in [2.24, 2.45) is 10.9 Å². The number of hydrogen-bond acceptors (Lipinski definition) is 3. The van der Waals surface area contributed by atoms with Gasteiger partial charge in [-0.15, -0.1) is 0 Å². The van der Waals surface area contributed by atoms with Crippen molar-refractivity contribution in [2.45, 2.75) is 52.5 Å². The zero-order valence-corrected chi connectivity index (χ0v) is 13.5. The third-order valence-corrected chi connectivity index (χ3v) is 5.57. The molecular formula is C17H24N2S. The number of hydrogen-bond donors (Lipinski definition) is 1. The molecule has 1 saturated carbocycles. The van der Waals surface area contributed by atoms with Gasteiger partial charge >= 0.3 is 0 Å². The van der Waals surface area contributed by atoms with Crippen LogP contribution in [0.25, 0.3) is 0 Å². The summed E-state index contributed by atoms with van der Waals surface area (Å²) in [4.78, 5) is 4.97. The lowest BCUT2D eigenvalue weighted by atomic mass is 9.86. The van der Waals surface area contributed by atoms with Crippen molar-refractivity contribution in [3.8, 4) is 0 Å². The van der Waals surface area contributed by atoms with Crippen LogP contribution in [-0.2, 0) is 0 Å². The monoisotopic (exact) mass is 288 g/mol. The van der Waals surface area contributed by atoms with E-state index in [0.29, 0.717) is 6.04 Å². The maximum Gasteiger partial charge on any atom is 0.161 e. The zero-order valence-electron chi connectivity index (χ0n) is 12.7. The van der Waals surface area contributed by atoms with Gasteiger partial charge in [0.05, 0.1) is 6.04 Å². The molecule has 1 aromatic carbocycles. The quantitative estimate of drug-likeness (QED) is 0.811. The average molecular weight is 288 g/mol. The molecule has 1 fully saturated rings. The van der Waals surface area contributed by atoms with E-state index < -0.39 is 0 Å². The highest BCUT2D eigenvalue weighted by atomic mass is 32.2. The lowest BCUT2D eigenvalue weighted by Crippen LogP contribution is -2.32. The number of nitrogens with one attached hydrogen (secondary N) is 1. The molecule has 3 rings (SSSR count). The van der Waals surface area contributed by atoms with E-state index in [1.807, 2.05) is 11.8 Å². The summed E-state index contributed by atoms with van der Waals surface area (Å²) in [6.45, 7) is 6.52. The Bertz CT molecular complexity index is 513. The standard InChI is InChI=1S/C17H24N2S/c1-11-8-12(2)16(13(3)9-11)19-17-18-15-7-5-4-6-14(15)10-20-17/h8-9,14-15H,4-7,10H2,1-3H3,(H,18,19). The van der Waals surface area contributed by atoms with Crippen LogP contribution in [0.3, 0.4) is 0 Å². The molecule has 1 heterocycles. The fourth-order valence-corrected chi connectivity index (χ4v) is 4.62. The van der Waals surface area contributed by atoms with E-state index in [1.165, 1.54) is 53.8 Å². The Morgan fingerprint density at radius 1 is 1.10 bits per heavy atom. The van der Waals surface area contributed by atoms with Gasteiger partial charge in [-0.25, -0.2) is 0 Å². The Labute approximate surface area is 126 Å². The highest BCUT2D eigenvalue weighted by molar-refractivity contribution is 8.14. The number of nitrogens with zero attached hydrogens (tertiary/aromatic N) is 1. The zero-order chi connectivity index (χ0) is 14.1. The van der Waals surface area contributed by atoms with Crippen molar-refractivity contribution in [2.75, 3.05) is 11.1 Å². The van der Waals surface area contributed by atoms with E-state index in [1.54, 1.807) is 0 Å². The molecule has 108 valence electrons. The lowest BCUT2D eigenvalue weighted by molar-refractivity contribution is 0.336. The van der Waals surface area contributed by atoms with Gasteiger partial charge in [-0.05, 0) is 50.7 Å².